The summed E-state index contributed by atoms with van der Waals surface area (Å²) in [6.07, 6.45) is -0.857. The Labute approximate surface area is 114 Å². The smallest absolute Gasteiger partial charge is 0.396 e. The maximum absolute atomic E-state index is 13.9. The van der Waals surface area contributed by atoms with Crippen LogP contribution < -0.4 is 0 Å². The molecule has 0 radical (unpaired) electrons. The molecule has 0 aromatic rings. The van der Waals surface area contributed by atoms with Crippen LogP contribution in [0.2, 0.25) is 0 Å². The third-order valence-electron chi connectivity index (χ3n) is 2.19. The first-order valence-corrected chi connectivity index (χ1v) is 8.06. The lowest BCUT2D eigenvalue weighted by atomic mass is 10.2. The van der Waals surface area contributed by atoms with Gasteiger partial charge in [0.25, 0.3) is 0 Å². The average Bonchev–Trinajstić information content (AvgIpc) is 2.31. The van der Waals surface area contributed by atoms with Crippen molar-refractivity contribution in [2.75, 3.05) is 19.8 Å². The third kappa shape index (κ3) is 6.80. The van der Waals surface area contributed by atoms with Crippen LogP contribution in [0, 0.1) is 11.8 Å². The predicted octanol–water partition coefficient (Wildman–Crippen LogP) is 3.89. The first kappa shape index (κ1) is 19.0. The van der Waals surface area contributed by atoms with Crippen molar-refractivity contribution in [3.05, 3.63) is 0 Å². The number of aliphatic hydroxyl groups excluding tert-OH is 1. The summed E-state index contributed by atoms with van der Waals surface area (Å²) in [6, 6.07) is 0. The van der Waals surface area contributed by atoms with Crippen LogP contribution in [0.25, 0.3) is 0 Å². The van der Waals surface area contributed by atoms with Crippen molar-refractivity contribution in [2.24, 2.45) is 11.8 Å². The van der Waals surface area contributed by atoms with E-state index in [1.54, 1.807) is 27.7 Å². The molecule has 0 unspecified atom stereocenters. The van der Waals surface area contributed by atoms with Gasteiger partial charge in [0.15, 0.2) is 0 Å². The number of rotatable bonds is 10. The van der Waals surface area contributed by atoms with E-state index in [0.717, 1.165) is 0 Å². The van der Waals surface area contributed by atoms with Crippen LogP contribution in [-0.4, -0.2) is 30.6 Å². The Morgan fingerprint density at radius 2 is 1.53 bits per heavy atom. The molecule has 0 spiro atoms. The Bertz CT molecular complexity index is 279. The first-order chi connectivity index (χ1) is 8.64. The van der Waals surface area contributed by atoms with E-state index in [1.165, 1.54) is 0 Å². The van der Waals surface area contributed by atoms with Gasteiger partial charge in [-0.1, -0.05) is 27.7 Å². The molecule has 0 saturated heterocycles. The van der Waals surface area contributed by atoms with E-state index in [-0.39, 0.29) is 38.1 Å². The Balaban J connectivity index is 4.85. The van der Waals surface area contributed by atoms with Crippen molar-refractivity contribution in [3.63, 3.8) is 0 Å². The molecule has 0 aliphatic carbocycles. The molecular weight excluding hydrogens is 277 g/mol. The van der Waals surface area contributed by atoms with Gasteiger partial charge in [0.1, 0.15) is 0 Å². The Hall–Kier alpha value is -0.0300. The minimum Gasteiger partial charge on any atom is -0.396 e. The second kappa shape index (κ2) is 8.30. The van der Waals surface area contributed by atoms with Gasteiger partial charge in [0, 0.05) is 13.0 Å². The van der Waals surface area contributed by atoms with Gasteiger partial charge in [-0.05, 0) is 18.3 Å². The van der Waals surface area contributed by atoms with E-state index < -0.39 is 19.7 Å². The van der Waals surface area contributed by atoms with Crippen LogP contribution in [0.5, 0.6) is 0 Å². The number of aliphatic hydroxyl groups is 1. The van der Waals surface area contributed by atoms with Gasteiger partial charge in [-0.2, -0.15) is 8.78 Å². The van der Waals surface area contributed by atoms with E-state index in [9.17, 15) is 13.3 Å². The SMILES string of the molecule is CC(C)COP(=O)(OCC(C)C)C(F)(F)CCCO. The number of halogens is 2. The normalized spacial score (nSPS) is 13.5. The molecule has 0 aromatic heterocycles. The molecule has 7 heteroatoms. The highest BCUT2D eigenvalue weighted by Crippen LogP contribution is 2.63. The molecule has 4 nitrogen and oxygen atoms in total. The zero-order valence-electron chi connectivity index (χ0n) is 12.1. The first-order valence-electron chi connectivity index (χ1n) is 6.52. The quantitative estimate of drug-likeness (QED) is 0.622. The molecule has 1 N–H and O–H groups in total. The van der Waals surface area contributed by atoms with E-state index in [1.807, 2.05) is 0 Å². The molecule has 0 rings (SSSR count). The monoisotopic (exact) mass is 302 g/mol. The molecule has 0 aliphatic rings. The Morgan fingerprint density at radius 1 is 1.11 bits per heavy atom. The third-order valence-corrected chi connectivity index (χ3v) is 4.19. The lowest BCUT2D eigenvalue weighted by molar-refractivity contribution is 0.0194. The van der Waals surface area contributed by atoms with Crippen molar-refractivity contribution in [2.45, 2.75) is 46.2 Å². The topological polar surface area (TPSA) is 55.8 Å². The van der Waals surface area contributed by atoms with Gasteiger partial charge >= 0.3 is 13.3 Å². The van der Waals surface area contributed by atoms with Crippen LogP contribution in [0.15, 0.2) is 0 Å². The molecule has 0 amide bonds. The molecule has 0 atom stereocenters. The minimum absolute atomic E-state index is 0.0235. The van der Waals surface area contributed by atoms with E-state index >= 15 is 0 Å². The van der Waals surface area contributed by atoms with Crippen molar-refractivity contribution in [3.8, 4) is 0 Å². The number of hydrogen-bond acceptors (Lipinski definition) is 4. The van der Waals surface area contributed by atoms with Crippen molar-refractivity contribution < 1.29 is 27.5 Å². The number of hydrogen-bond donors (Lipinski definition) is 1. The van der Waals surface area contributed by atoms with Crippen LogP contribution >= 0.6 is 7.60 Å². The fourth-order valence-electron chi connectivity index (χ4n) is 1.15. The number of alkyl halides is 2. The zero-order valence-corrected chi connectivity index (χ0v) is 13.0. The van der Waals surface area contributed by atoms with E-state index in [2.05, 4.69) is 0 Å². The highest BCUT2D eigenvalue weighted by Gasteiger charge is 2.53. The highest BCUT2D eigenvalue weighted by molar-refractivity contribution is 7.55. The molecule has 0 aliphatic heterocycles. The van der Waals surface area contributed by atoms with Crippen LogP contribution in [0.1, 0.15) is 40.5 Å². The van der Waals surface area contributed by atoms with E-state index in [0.29, 0.717) is 0 Å². The maximum atomic E-state index is 13.9. The van der Waals surface area contributed by atoms with Crippen molar-refractivity contribution >= 4 is 7.60 Å². The van der Waals surface area contributed by atoms with Gasteiger partial charge in [-0.25, -0.2) is 0 Å². The summed E-state index contributed by atoms with van der Waals surface area (Å²) in [7, 11) is -4.50. The molecule has 0 heterocycles. The Kier molecular flexibility index (Phi) is 8.29. The van der Waals surface area contributed by atoms with Crippen molar-refractivity contribution in [1.82, 2.24) is 0 Å². The summed E-state index contributed by atoms with van der Waals surface area (Å²) < 4.78 is 50.0. The van der Waals surface area contributed by atoms with E-state index in [4.69, 9.17) is 14.2 Å². The largest absolute Gasteiger partial charge is 0.399 e. The standard InChI is InChI=1S/C12H25F2O4P/c1-10(2)8-17-19(16,18-9-11(3)4)12(13,14)6-5-7-15/h10-11,15H,5-9H2,1-4H3. The van der Waals surface area contributed by atoms with Crippen LogP contribution in [0.4, 0.5) is 8.78 Å². The summed E-state index contributed by atoms with van der Waals surface area (Å²) in [5, 5.41) is 8.63. The molecule has 116 valence electrons. The predicted molar refractivity (Wildman–Crippen MR) is 70.5 cm³/mol. The molecular formula is C12H25F2O4P. The fourth-order valence-corrected chi connectivity index (χ4v) is 3.02. The summed E-state index contributed by atoms with van der Waals surface area (Å²) in [6.45, 7) is 6.62. The molecule has 0 saturated carbocycles. The van der Waals surface area contributed by atoms with Gasteiger partial charge in [0.05, 0.1) is 13.2 Å². The maximum Gasteiger partial charge on any atom is 0.399 e. The fraction of sp³-hybridized carbons (Fsp3) is 1.00. The summed E-state index contributed by atoms with van der Waals surface area (Å²) >= 11 is 0. The summed E-state index contributed by atoms with van der Waals surface area (Å²) in [4.78, 5) is 0. The van der Waals surface area contributed by atoms with Crippen LogP contribution in [0.3, 0.4) is 0 Å². The Morgan fingerprint density at radius 3 is 1.84 bits per heavy atom. The van der Waals surface area contributed by atoms with Crippen molar-refractivity contribution in [1.29, 1.82) is 0 Å². The second-order valence-electron chi connectivity index (χ2n) is 5.37. The minimum atomic E-state index is -4.50. The summed E-state index contributed by atoms with van der Waals surface area (Å²) in [5.74, 6) is -0.0470. The van der Waals surface area contributed by atoms with Gasteiger partial charge in [0.2, 0.25) is 0 Å². The van der Waals surface area contributed by atoms with Crippen LogP contribution in [-0.2, 0) is 13.6 Å². The molecule has 0 aromatic carbocycles. The summed E-state index contributed by atoms with van der Waals surface area (Å²) in [5.41, 5.74) is -3.57. The molecule has 19 heavy (non-hydrogen) atoms. The average molecular weight is 302 g/mol. The molecule has 0 bridgehead atoms. The van der Waals surface area contributed by atoms with Gasteiger partial charge < -0.3 is 14.2 Å². The lowest BCUT2D eigenvalue weighted by Gasteiger charge is -2.27. The lowest BCUT2D eigenvalue weighted by Crippen LogP contribution is -2.23. The zero-order chi connectivity index (χ0) is 15.1. The highest BCUT2D eigenvalue weighted by atomic mass is 31.2. The second-order valence-corrected chi connectivity index (χ2v) is 7.54. The van der Waals surface area contributed by atoms with Gasteiger partial charge in [-0.3, -0.25) is 4.57 Å². The molecule has 0 fully saturated rings. The van der Waals surface area contributed by atoms with Gasteiger partial charge in [-0.15, -0.1) is 0 Å².